The summed E-state index contributed by atoms with van der Waals surface area (Å²) >= 11 is 1.84. The van der Waals surface area contributed by atoms with Gasteiger partial charge in [-0.15, -0.1) is 11.3 Å². The average Bonchev–Trinajstić information content (AvgIpc) is 3.15. The van der Waals surface area contributed by atoms with Gasteiger partial charge in [0, 0.05) is 18.8 Å². The van der Waals surface area contributed by atoms with E-state index in [-0.39, 0.29) is 10.8 Å². The molecule has 0 spiro atoms. The molecular weight excluding hydrogens is 384 g/mol. The van der Waals surface area contributed by atoms with E-state index in [1.165, 1.54) is 46.8 Å². The summed E-state index contributed by atoms with van der Waals surface area (Å²) in [6.07, 6.45) is 7.19. The van der Waals surface area contributed by atoms with Crippen LogP contribution in [-0.2, 0) is 17.3 Å². The van der Waals surface area contributed by atoms with Crippen molar-refractivity contribution in [1.29, 1.82) is 0 Å². The molecule has 0 fully saturated rings. The minimum atomic E-state index is 0.240. The Hall–Kier alpha value is -2.13. The molecular formula is C27H30N2S. The number of thiazole rings is 1. The molecule has 3 aliphatic rings. The largest absolute Gasteiger partial charge is 0.371 e. The maximum absolute atomic E-state index is 4.96. The third-order valence-electron chi connectivity index (χ3n) is 7.72. The maximum Gasteiger partial charge on any atom is 0.120 e. The Bertz CT molecular complexity index is 1180. The zero-order valence-corrected chi connectivity index (χ0v) is 19.3. The first-order valence-electron chi connectivity index (χ1n) is 11.4. The number of aromatic nitrogens is 1. The predicted octanol–water partition coefficient (Wildman–Crippen LogP) is 6.95. The average molecular weight is 415 g/mol. The summed E-state index contributed by atoms with van der Waals surface area (Å²) in [5.41, 5.74) is 10.9. The molecule has 154 valence electrons. The molecule has 0 bridgehead atoms. The van der Waals surface area contributed by atoms with Crippen molar-refractivity contribution in [2.45, 2.75) is 64.2 Å². The number of fused-ring (bicyclic) bond motifs is 3. The molecule has 2 aromatic carbocycles. The lowest BCUT2D eigenvalue weighted by molar-refractivity contribution is 0.399. The monoisotopic (exact) mass is 414 g/mol. The van der Waals surface area contributed by atoms with Crippen molar-refractivity contribution in [2.24, 2.45) is 0 Å². The first kappa shape index (κ1) is 18.6. The number of benzene rings is 2. The Morgan fingerprint density at radius 2 is 1.73 bits per heavy atom. The van der Waals surface area contributed by atoms with Crippen molar-refractivity contribution >= 4 is 38.9 Å². The lowest BCUT2D eigenvalue weighted by atomic mass is 9.66. The highest BCUT2D eigenvalue weighted by Gasteiger charge is 2.42. The SMILES string of the molecule is CC1(C)CCN2CCC(C)(C)c3c4c(cc1c32)C=C(c1nc2ccccc2s1)CC4. The van der Waals surface area contributed by atoms with Crippen molar-refractivity contribution in [3.8, 4) is 0 Å². The van der Waals surface area contributed by atoms with Crippen LogP contribution in [0.25, 0.3) is 21.9 Å². The summed E-state index contributed by atoms with van der Waals surface area (Å²) in [7, 11) is 0. The lowest BCUT2D eigenvalue weighted by Gasteiger charge is -2.49. The summed E-state index contributed by atoms with van der Waals surface area (Å²) < 4.78 is 1.29. The van der Waals surface area contributed by atoms with Gasteiger partial charge in [0.1, 0.15) is 5.01 Å². The second kappa shape index (κ2) is 6.20. The summed E-state index contributed by atoms with van der Waals surface area (Å²) in [5.74, 6) is 0. The molecule has 30 heavy (non-hydrogen) atoms. The van der Waals surface area contributed by atoms with Crippen molar-refractivity contribution in [3.63, 3.8) is 0 Å². The molecule has 0 N–H and O–H groups in total. The van der Waals surface area contributed by atoms with Gasteiger partial charge in [0.25, 0.3) is 0 Å². The van der Waals surface area contributed by atoms with Crippen LogP contribution in [0.5, 0.6) is 0 Å². The van der Waals surface area contributed by atoms with Gasteiger partial charge in [-0.1, -0.05) is 39.8 Å². The fourth-order valence-electron chi connectivity index (χ4n) is 5.83. The third kappa shape index (κ3) is 2.64. The Morgan fingerprint density at radius 3 is 2.53 bits per heavy atom. The first-order valence-corrected chi connectivity index (χ1v) is 12.2. The van der Waals surface area contributed by atoms with Crippen LogP contribution in [0.1, 0.15) is 74.2 Å². The van der Waals surface area contributed by atoms with Gasteiger partial charge in [-0.2, -0.15) is 0 Å². The number of anilines is 1. The highest BCUT2D eigenvalue weighted by molar-refractivity contribution is 7.19. The molecule has 6 rings (SSSR count). The number of hydrogen-bond donors (Lipinski definition) is 0. The van der Waals surface area contributed by atoms with E-state index in [1.54, 1.807) is 22.4 Å². The van der Waals surface area contributed by atoms with E-state index in [0.717, 1.165) is 18.4 Å². The molecule has 0 radical (unpaired) electrons. The summed E-state index contributed by atoms with van der Waals surface area (Å²) in [4.78, 5) is 7.65. The van der Waals surface area contributed by atoms with Crippen molar-refractivity contribution in [1.82, 2.24) is 4.98 Å². The second-order valence-electron chi connectivity index (χ2n) is 10.6. The van der Waals surface area contributed by atoms with Gasteiger partial charge in [0.2, 0.25) is 0 Å². The Kier molecular flexibility index (Phi) is 3.85. The van der Waals surface area contributed by atoms with Gasteiger partial charge in [-0.05, 0) is 88.6 Å². The van der Waals surface area contributed by atoms with E-state index in [9.17, 15) is 0 Å². The number of rotatable bonds is 1. The maximum atomic E-state index is 4.96. The van der Waals surface area contributed by atoms with E-state index in [1.807, 2.05) is 11.3 Å². The Morgan fingerprint density at radius 1 is 0.967 bits per heavy atom. The van der Waals surface area contributed by atoms with Crippen molar-refractivity contribution in [2.75, 3.05) is 18.0 Å². The summed E-state index contributed by atoms with van der Waals surface area (Å²) in [6.45, 7) is 12.2. The zero-order chi connectivity index (χ0) is 20.7. The lowest BCUT2D eigenvalue weighted by Crippen LogP contribution is -2.45. The van der Waals surface area contributed by atoms with E-state index >= 15 is 0 Å². The third-order valence-corrected chi connectivity index (χ3v) is 8.83. The van der Waals surface area contributed by atoms with Crippen LogP contribution in [-0.4, -0.2) is 18.1 Å². The van der Waals surface area contributed by atoms with Crippen LogP contribution in [0.4, 0.5) is 5.69 Å². The molecule has 0 unspecified atom stereocenters. The standard InChI is InChI=1S/C27H30N2S/c1-26(2)11-13-29-14-12-27(3,4)23-19-10-9-17(15-18(19)16-20(26)24(23)29)25-28-21-7-5-6-8-22(21)30-25/h5-8,15-16H,9-14H2,1-4H3. The predicted molar refractivity (Wildman–Crippen MR) is 130 cm³/mol. The molecule has 0 saturated heterocycles. The number of hydrogen-bond acceptors (Lipinski definition) is 3. The molecule has 0 amide bonds. The highest BCUT2D eigenvalue weighted by Crippen LogP contribution is 2.52. The van der Waals surface area contributed by atoms with Crippen LogP contribution in [0.2, 0.25) is 0 Å². The molecule has 3 heterocycles. The summed E-state index contributed by atoms with van der Waals surface area (Å²) in [5, 5.41) is 1.20. The fraction of sp³-hybridized carbons (Fsp3) is 0.444. The normalized spacial score (nSPS) is 21.2. The molecule has 3 heteroatoms. The highest BCUT2D eigenvalue weighted by atomic mass is 32.1. The van der Waals surface area contributed by atoms with Crippen molar-refractivity contribution in [3.05, 3.63) is 57.6 Å². The fourth-order valence-corrected chi connectivity index (χ4v) is 6.84. The number of para-hydroxylation sites is 1. The first-order chi connectivity index (χ1) is 14.3. The molecule has 1 aliphatic carbocycles. The smallest absolute Gasteiger partial charge is 0.120 e. The van der Waals surface area contributed by atoms with Crippen LogP contribution in [0.15, 0.2) is 30.3 Å². The van der Waals surface area contributed by atoms with Gasteiger partial charge >= 0.3 is 0 Å². The van der Waals surface area contributed by atoms with Gasteiger partial charge in [0.05, 0.1) is 10.2 Å². The number of allylic oxidation sites excluding steroid dienone is 1. The number of nitrogens with zero attached hydrogens (tertiary/aromatic N) is 2. The van der Waals surface area contributed by atoms with Gasteiger partial charge < -0.3 is 4.90 Å². The minimum Gasteiger partial charge on any atom is -0.371 e. The summed E-state index contributed by atoms with van der Waals surface area (Å²) in [6, 6.07) is 11.1. The van der Waals surface area contributed by atoms with Crippen LogP contribution in [0.3, 0.4) is 0 Å². The minimum absolute atomic E-state index is 0.240. The van der Waals surface area contributed by atoms with E-state index in [4.69, 9.17) is 4.98 Å². The molecule has 2 aliphatic heterocycles. The Balaban J connectivity index is 1.57. The zero-order valence-electron chi connectivity index (χ0n) is 18.5. The van der Waals surface area contributed by atoms with Gasteiger partial charge in [-0.3, -0.25) is 0 Å². The Labute approximate surface area is 183 Å². The van der Waals surface area contributed by atoms with Crippen LogP contribution < -0.4 is 4.90 Å². The van der Waals surface area contributed by atoms with E-state index in [0.29, 0.717) is 0 Å². The quantitative estimate of drug-likeness (QED) is 0.428. The molecule has 3 aromatic rings. The second-order valence-corrected chi connectivity index (χ2v) is 11.7. The van der Waals surface area contributed by atoms with E-state index in [2.05, 4.69) is 69.0 Å². The van der Waals surface area contributed by atoms with Crippen molar-refractivity contribution < 1.29 is 0 Å². The van der Waals surface area contributed by atoms with Crippen LogP contribution >= 0.6 is 11.3 Å². The van der Waals surface area contributed by atoms with Crippen LogP contribution in [0, 0.1) is 0 Å². The van der Waals surface area contributed by atoms with Gasteiger partial charge in [-0.25, -0.2) is 4.98 Å². The topological polar surface area (TPSA) is 16.1 Å². The molecule has 2 nitrogen and oxygen atoms in total. The van der Waals surface area contributed by atoms with E-state index < -0.39 is 0 Å². The molecule has 1 aromatic heterocycles. The van der Waals surface area contributed by atoms with Gasteiger partial charge in [0.15, 0.2) is 0 Å². The molecule has 0 saturated carbocycles. The molecule has 0 atom stereocenters.